The number of nitrogens with zero attached hydrogens (tertiary/aromatic N) is 3. The van der Waals surface area contributed by atoms with Gasteiger partial charge in [0, 0.05) is 24.5 Å². The molecular formula is C12H11ClN4O4S. The van der Waals surface area contributed by atoms with Crippen molar-refractivity contribution < 1.29 is 13.3 Å². The predicted octanol–water partition coefficient (Wildman–Crippen LogP) is 1.72. The molecule has 1 aromatic heterocycles. The maximum atomic E-state index is 11.9. The minimum atomic E-state index is -3.86. The molecule has 0 spiro atoms. The molecule has 1 N–H and O–H groups in total. The lowest BCUT2D eigenvalue weighted by Gasteiger charge is -2.02. The first-order valence-electron chi connectivity index (χ1n) is 5.68. The van der Waals surface area contributed by atoms with Crippen LogP contribution in [0.1, 0.15) is 5.56 Å². The normalized spacial score (nSPS) is 10.9. The van der Waals surface area contributed by atoms with E-state index in [0.717, 1.165) is 24.3 Å². The van der Waals surface area contributed by atoms with E-state index in [1.54, 1.807) is 24.5 Å². The number of benzene rings is 1. The minimum Gasteiger partial charge on any atom is -0.265 e. The van der Waals surface area contributed by atoms with E-state index in [1.165, 1.54) is 6.21 Å². The number of halogens is 1. The maximum Gasteiger partial charge on any atom is 0.276 e. The van der Waals surface area contributed by atoms with Crippen LogP contribution in [0.15, 0.2) is 58.8 Å². The van der Waals surface area contributed by atoms with Crippen LogP contribution in [-0.2, 0) is 10.0 Å². The summed E-state index contributed by atoms with van der Waals surface area (Å²) in [6, 6.07) is 7.82. The van der Waals surface area contributed by atoms with Crippen molar-refractivity contribution in [1.29, 1.82) is 0 Å². The molecule has 116 valence electrons. The molecule has 0 saturated carbocycles. The molecule has 0 aliphatic heterocycles. The molecular weight excluding hydrogens is 332 g/mol. The van der Waals surface area contributed by atoms with Gasteiger partial charge in [-0.25, -0.2) is 4.83 Å². The first-order valence-corrected chi connectivity index (χ1v) is 7.17. The summed E-state index contributed by atoms with van der Waals surface area (Å²) in [4.78, 5) is 15.6. The molecule has 0 aliphatic rings. The van der Waals surface area contributed by atoms with Gasteiger partial charge in [0.05, 0.1) is 16.0 Å². The number of nitrogens with one attached hydrogen (secondary N) is 1. The second-order valence-corrected chi connectivity index (χ2v) is 5.55. The lowest BCUT2D eigenvalue weighted by Crippen LogP contribution is -2.18. The summed E-state index contributed by atoms with van der Waals surface area (Å²) in [5, 5.41) is 14.1. The van der Waals surface area contributed by atoms with Gasteiger partial charge in [0.15, 0.2) is 0 Å². The van der Waals surface area contributed by atoms with E-state index in [1.807, 2.05) is 4.83 Å². The number of pyridine rings is 1. The summed E-state index contributed by atoms with van der Waals surface area (Å²) in [6.07, 6.45) is 4.42. The quantitative estimate of drug-likeness (QED) is 0.504. The van der Waals surface area contributed by atoms with Crippen molar-refractivity contribution in [3.63, 3.8) is 0 Å². The number of hydrogen-bond acceptors (Lipinski definition) is 6. The third kappa shape index (κ3) is 4.50. The van der Waals surface area contributed by atoms with E-state index in [0.29, 0.717) is 5.56 Å². The molecule has 0 saturated heterocycles. The van der Waals surface area contributed by atoms with Crippen molar-refractivity contribution in [3.05, 3.63) is 64.5 Å². The zero-order valence-corrected chi connectivity index (χ0v) is 12.6. The Bertz CT molecular complexity index is 763. The van der Waals surface area contributed by atoms with Gasteiger partial charge in [0.1, 0.15) is 0 Å². The number of nitro groups is 1. The molecule has 8 nitrogen and oxygen atoms in total. The van der Waals surface area contributed by atoms with Crippen LogP contribution in [0.25, 0.3) is 0 Å². The highest BCUT2D eigenvalue weighted by atomic mass is 35.5. The van der Waals surface area contributed by atoms with Crippen LogP contribution in [0.5, 0.6) is 0 Å². The molecule has 0 atom stereocenters. The first-order chi connectivity index (χ1) is 9.99. The van der Waals surface area contributed by atoms with E-state index < -0.39 is 14.9 Å². The first kappa shape index (κ1) is 17.5. The van der Waals surface area contributed by atoms with Crippen LogP contribution in [0.2, 0.25) is 0 Å². The number of nitro benzene ring substituents is 1. The van der Waals surface area contributed by atoms with Gasteiger partial charge in [0.2, 0.25) is 0 Å². The fraction of sp³-hybridized carbons (Fsp3) is 0. The molecule has 1 heterocycles. The standard InChI is InChI=1S/C12H10N4O4S.ClH/c17-16(18)11-1-3-12(4-2-11)21(19,20)15-14-9-10-5-7-13-8-6-10;/h1-9,15H;1H/b14-9+;. The zero-order chi connectivity index (χ0) is 15.3. The Labute approximate surface area is 132 Å². The Morgan fingerprint density at radius 1 is 1.14 bits per heavy atom. The lowest BCUT2D eigenvalue weighted by atomic mass is 10.3. The molecule has 2 rings (SSSR count). The Balaban J connectivity index is 0.00000242. The van der Waals surface area contributed by atoms with Crippen LogP contribution in [0.3, 0.4) is 0 Å². The van der Waals surface area contributed by atoms with Gasteiger partial charge in [-0.05, 0) is 29.8 Å². The Kier molecular flexibility index (Phi) is 5.96. The number of non-ortho nitro benzene ring substituents is 1. The average Bonchev–Trinajstić information content (AvgIpc) is 2.48. The molecule has 0 fully saturated rings. The van der Waals surface area contributed by atoms with Crippen LogP contribution in [-0.4, -0.2) is 24.5 Å². The monoisotopic (exact) mass is 342 g/mol. The Hall–Kier alpha value is -2.52. The maximum absolute atomic E-state index is 11.9. The van der Waals surface area contributed by atoms with E-state index in [2.05, 4.69) is 10.1 Å². The minimum absolute atomic E-state index is 0. The van der Waals surface area contributed by atoms with Gasteiger partial charge in [-0.1, -0.05) is 0 Å². The number of hydrogen-bond donors (Lipinski definition) is 1. The Morgan fingerprint density at radius 3 is 2.27 bits per heavy atom. The SMILES string of the molecule is Cl.O=[N+]([O-])c1ccc(S(=O)(=O)N/N=C/c2ccncc2)cc1. The van der Waals surface area contributed by atoms with Crippen LogP contribution in [0, 0.1) is 10.1 Å². The molecule has 0 amide bonds. The summed E-state index contributed by atoms with van der Waals surface area (Å²) in [6.45, 7) is 0. The highest BCUT2D eigenvalue weighted by molar-refractivity contribution is 7.89. The third-order valence-corrected chi connectivity index (χ3v) is 3.69. The summed E-state index contributed by atoms with van der Waals surface area (Å²) in [7, 11) is -3.86. The highest BCUT2D eigenvalue weighted by Crippen LogP contribution is 2.15. The smallest absolute Gasteiger partial charge is 0.265 e. The molecule has 22 heavy (non-hydrogen) atoms. The number of rotatable bonds is 5. The van der Waals surface area contributed by atoms with Gasteiger partial charge < -0.3 is 0 Å². The summed E-state index contributed by atoms with van der Waals surface area (Å²) in [5.41, 5.74) is 0.491. The van der Waals surface area contributed by atoms with Gasteiger partial charge >= 0.3 is 0 Å². The van der Waals surface area contributed by atoms with E-state index in [-0.39, 0.29) is 23.0 Å². The zero-order valence-electron chi connectivity index (χ0n) is 11.0. The molecule has 10 heteroatoms. The Morgan fingerprint density at radius 2 is 1.73 bits per heavy atom. The molecule has 0 aliphatic carbocycles. The second-order valence-electron chi connectivity index (χ2n) is 3.88. The van der Waals surface area contributed by atoms with Gasteiger partial charge in [0.25, 0.3) is 15.7 Å². The van der Waals surface area contributed by atoms with Crippen LogP contribution in [0.4, 0.5) is 5.69 Å². The highest BCUT2D eigenvalue weighted by Gasteiger charge is 2.14. The molecule has 0 unspecified atom stereocenters. The fourth-order valence-corrected chi connectivity index (χ4v) is 2.21. The molecule has 0 radical (unpaired) electrons. The summed E-state index contributed by atoms with van der Waals surface area (Å²) >= 11 is 0. The van der Waals surface area contributed by atoms with E-state index in [4.69, 9.17) is 0 Å². The molecule has 0 bridgehead atoms. The van der Waals surface area contributed by atoms with Crippen molar-refractivity contribution in [3.8, 4) is 0 Å². The second kappa shape index (κ2) is 7.48. The van der Waals surface area contributed by atoms with Crippen LogP contribution >= 0.6 is 12.4 Å². The van der Waals surface area contributed by atoms with Crippen molar-refractivity contribution >= 4 is 34.3 Å². The van der Waals surface area contributed by atoms with Crippen molar-refractivity contribution in [2.75, 3.05) is 0 Å². The average molecular weight is 343 g/mol. The topological polar surface area (TPSA) is 115 Å². The van der Waals surface area contributed by atoms with Gasteiger partial charge in [-0.2, -0.15) is 13.5 Å². The fourth-order valence-electron chi connectivity index (χ4n) is 1.42. The van der Waals surface area contributed by atoms with E-state index in [9.17, 15) is 18.5 Å². The predicted molar refractivity (Wildman–Crippen MR) is 82.5 cm³/mol. The molecule has 1 aromatic carbocycles. The summed E-state index contributed by atoms with van der Waals surface area (Å²) < 4.78 is 23.8. The number of sulfonamides is 1. The van der Waals surface area contributed by atoms with Gasteiger partial charge in [-0.3, -0.25) is 15.1 Å². The van der Waals surface area contributed by atoms with E-state index >= 15 is 0 Å². The molecule has 2 aromatic rings. The van der Waals surface area contributed by atoms with Crippen LogP contribution < -0.4 is 4.83 Å². The summed E-state index contributed by atoms with van der Waals surface area (Å²) in [5.74, 6) is 0. The van der Waals surface area contributed by atoms with Crippen molar-refractivity contribution in [2.24, 2.45) is 5.10 Å². The van der Waals surface area contributed by atoms with Gasteiger partial charge in [-0.15, -0.1) is 12.4 Å². The largest absolute Gasteiger partial charge is 0.276 e. The van der Waals surface area contributed by atoms with Crippen molar-refractivity contribution in [2.45, 2.75) is 4.90 Å². The number of hydrazone groups is 1. The third-order valence-electron chi connectivity index (χ3n) is 2.45. The van der Waals surface area contributed by atoms with Crippen molar-refractivity contribution in [1.82, 2.24) is 9.82 Å². The lowest BCUT2D eigenvalue weighted by molar-refractivity contribution is -0.384. The number of aromatic nitrogens is 1.